The molecule has 0 aliphatic carbocycles. The second-order valence-electron chi connectivity index (χ2n) is 6.11. The average Bonchev–Trinajstić information content (AvgIpc) is 3.07. The first-order valence-corrected chi connectivity index (χ1v) is 9.49. The summed E-state index contributed by atoms with van der Waals surface area (Å²) in [6, 6.07) is 13.9. The van der Waals surface area contributed by atoms with Gasteiger partial charge in [-0.1, -0.05) is 12.1 Å². The van der Waals surface area contributed by atoms with Gasteiger partial charge < -0.3 is 9.64 Å². The van der Waals surface area contributed by atoms with E-state index < -0.39 is 0 Å². The lowest BCUT2D eigenvalue weighted by Crippen LogP contribution is -2.30. The van der Waals surface area contributed by atoms with Gasteiger partial charge in [-0.05, 0) is 55.8 Å². The van der Waals surface area contributed by atoms with Crippen molar-refractivity contribution in [2.24, 2.45) is 0 Å². The molecule has 0 fully saturated rings. The zero-order chi connectivity index (χ0) is 19.4. The Morgan fingerprint density at radius 1 is 1.22 bits per heavy atom. The number of carbonyl (C=O) groups is 1. The molecule has 0 spiro atoms. The van der Waals surface area contributed by atoms with Crippen LogP contribution in [0.1, 0.15) is 27.9 Å². The largest absolute Gasteiger partial charge is 0.497 e. The zero-order valence-electron chi connectivity index (χ0n) is 15.5. The second kappa shape index (κ2) is 8.31. The molecule has 0 aliphatic rings. The molecule has 1 amide bonds. The highest BCUT2D eigenvalue weighted by molar-refractivity contribution is 7.17. The molecule has 2 aromatic carbocycles. The van der Waals surface area contributed by atoms with Gasteiger partial charge in [-0.25, -0.2) is 9.37 Å². The first-order valence-electron chi connectivity index (χ1n) is 8.67. The summed E-state index contributed by atoms with van der Waals surface area (Å²) in [4.78, 5) is 19.9. The van der Waals surface area contributed by atoms with E-state index in [0.717, 1.165) is 21.9 Å². The van der Waals surface area contributed by atoms with Gasteiger partial charge in [-0.15, -0.1) is 11.3 Å². The van der Waals surface area contributed by atoms with E-state index in [1.807, 2.05) is 44.2 Å². The molecule has 1 aromatic heterocycles. The summed E-state index contributed by atoms with van der Waals surface area (Å²) in [7, 11) is 1.62. The molecule has 140 valence electrons. The Kier molecular flexibility index (Phi) is 5.86. The summed E-state index contributed by atoms with van der Waals surface area (Å²) >= 11 is 1.37. The van der Waals surface area contributed by atoms with Crippen LogP contribution in [0.4, 0.5) is 4.39 Å². The number of halogens is 1. The Balaban J connectivity index is 1.83. The minimum absolute atomic E-state index is 0.0866. The van der Waals surface area contributed by atoms with Crippen molar-refractivity contribution in [3.63, 3.8) is 0 Å². The van der Waals surface area contributed by atoms with Crippen LogP contribution >= 0.6 is 11.3 Å². The van der Waals surface area contributed by atoms with Crippen molar-refractivity contribution in [1.29, 1.82) is 0 Å². The third-order valence-corrected chi connectivity index (χ3v) is 5.45. The van der Waals surface area contributed by atoms with E-state index in [4.69, 9.17) is 4.74 Å². The number of aromatic nitrogens is 1. The van der Waals surface area contributed by atoms with Gasteiger partial charge >= 0.3 is 0 Å². The molecule has 0 radical (unpaired) electrons. The number of thiazole rings is 1. The molecule has 0 atom stereocenters. The van der Waals surface area contributed by atoms with Crippen LogP contribution in [-0.2, 0) is 6.54 Å². The SMILES string of the molecule is CCN(Cc1cccc(F)c1)C(=O)c1sc(-c2ccc(OC)cc2)nc1C. The number of nitrogens with zero attached hydrogens (tertiary/aromatic N) is 2. The third-order valence-electron chi connectivity index (χ3n) is 4.26. The molecule has 0 N–H and O–H groups in total. The van der Waals surface area contributed by atoms with Gasteiger partial charge in [0.1, 0.15) is 21.5 Å². The van der Waals surface area contributed by atoms with E-state index in [9.17, 15) is 9.18 Å². The normalized spacial score (nSPS) is 10.7. The minimum atomic E-state index is -0.299. The molecule has 0 saturated heterocycles. The number of amides is 1. The number of hydrogen-bond donors (Lipinski definition) is 0. The Bertz CT molecular complexity index is 938. The zero-order valence-corrected chi connectivity index (χ0v) is 16.3. The van der Waals surface area contributed by atoms with Gasteiger partial charge in [0, 0.05) is 18.7 Å². The minimum Gasteiger partial charge on any atom is -0.497 e. The monoisotopic (exact) mass is 384 g/mol. The van der Waals surface area contributed by atoms with Crippen LogP contribution in [0.5, 0.6) is 5.75 Å². The van der Waals surface area contributed by atoms with E-state index in [2.05, 4.69) is 4.98 Å². The van der Waals surface area contributed by atoms with Crippen molar-refractivity contribution in [2.45, 2.75) is 20.4 Å². The number of rotatable bonds is 6. The lowest BCUT2D eigenvalue weighted by atomic mass is 10.2. The van der Waals surface area contributed by atoms with E-state index >= 15 is 0 Å². The number of carbonyl (C=O) groups excluding carboxylic acids is 1. The highest BCUT2D eigenvalue weighted by Gasteiger charge is 2.21. The number of aryl methyl sites for hydroxylation is 1. The number of ether oxygens (including phenoxy) is 1. The Labute approximate surface area is 162 Å². The predicted molar refractivity (Wildman–Crippen MR) is 106 cm³/mol. The molecule has 3 rings (SSSR count). The molecular weight excluding hydrogens is 363 g/mol. The van der Waals surface area contributed by atoms with Crippen molar-refractivity contribution >= 4 is 17.2 Å². The fourth-order valence-electron chi connectivity index (χ4n) is 2.78. The summed E-state index contributed by atoms with van der Waals surface area (Å²) in [6.07, 6.45) is 0. The van der Waals surface area contributed by atoms with Crippen LogP contribution in [0.2, 0.25) is 0 Å². The third kappa shape index (κ3) is 4.34. The van der Waals surface area contributed by atoms with Gasteiger partial charge in [0.15, 0.2) is 0 Å². The van der Waals surface area contributed by atoms with Gasteiger partial charge in [0.05, 0.1) is 12.8 Å². The Morgan fingerprint density at radius 2 is 1.96 bits per heavy atom. The van der Waals surface area contributed by atoms with Gasteiger partial charge in [-0.3, -0.25) is 4.79 Å². The lowest BCUT2D eigenvalue weighted by molar-refractivity contribution is 0.0756. The molecule has 3 aromatic rings. The fraction of sp³-hybridized carbons (Fsp3) is 0.238. The highest BCUT2D eigenvalue weighted by Crippen LogP contribution is 2.30. The van der Waals surface area contributed by atoms with Crippen LogP contribution in [-0.4, -0.2) is 29.4 Å². The van der Waals surface area contributed by atoms with E-state index in [1.165, 1.54) is 23.5 Å². The second-order valence-corrected chi connectivity index (χ2v) is 7.11. The maximum atomic E-state index is 13.4. The molecule has 6 heteroatoms. The fourth-order valence-corrected chi connectivity index (χ4v) is 3.82. The Morgan fingerprint density at radius 3 is 2.59 bits per heavy atom. The summed E-state index contributed by atoms with van der Waals surface area (Å²) in [5.74, 6) is 0.388. The van der Waals surface area contributed by atoms with E-state index in [1.54, 1.807) is 18.1 Å². The van der Waals surface area contributed by atoms with Crippen molar-refractivity contribution in [3.05, 3.63) is 70.5 Å². The van der Waals surface area contributed by atoms with Crippen molar-refractivity contribution < 1.29 is 13.9 Å². The van der Waals surface area contributed by atoms with Crippen molar-refractivity contribution in [3.8, 4) is 16.3 Å². The smallest absolute Gasteiger partial charge is 0.266 e. The summed E-state index contributed by atoms with van der Waals surface area (Å²) < 4.78 is 18.6. The van der Waals surface area contributed by atoms with E-state index in [0.29, 0.717) is 23.7 Å². The van der Waals surface area contributed by atoms with E-state index in [-0.39, 0.29) is 11.7 Å². The van der Waals surface area contributed by atoms with Crippen LogP contribution < -0.4 is 4.74 Å². The quantitative estimate of drug-likeness (QED) is 0.605. The molecule has 0 saturated carbocycles. The van der Waals surface area contributed by atoms with Crippen molar-refractivity contribution in [2.75, 3.05) is 13.7 Å². The standard InChI is InChI=1S/C21H21FN2O2S/c1-4-24(13-15-6-5-7-17(22)12-15)21(25)19-14(2)23-20(27-19)16-8-10-18(26-3)11-9-16/h5-12H,4,13H2,1-3H3. The lowest BCUT2D eigenvalue weighted by Gasteiger charge is -2.20. The maximum Gasteiger partial charge on any atom is 0.266 e. The first kappa shape index (κ1) is 19.0. The van der Waals surface area contributed by atoms with Gasteiger partial charge in [-0.2, -0.15) is 0 Å². The Hall–Kier alpha value is -2.73. The summed E-state index contributed by atoms with van der Waals surface area (Å²) in [5, 5.41) is 0.792. The van der Waals surface area contributed by atoms with Crippen LogP contribution in [0.3, 0.4) is 0 Å². The maximum absolute atomic E-state index is 13.4. The van der Waals surface area contributed by atoms with Crippen molar-refractivity contribution in [1.82, 2.24) is 9.88 Å². The average molecular weight is 384 g/mol. The first-order chi connectivity index (χ1) is 13.0. The number of methoxy groups -OCH3 is 1. The van der Waals surface area contributed by atoms with Gasteiger partial charge in [0.2, 0.25) is 0 Å². The van der Waals surface area contributed by atoms with Crippen LogP contribution in [0, 0.1) is 12.7 Å². The molecule has 1 heterocycles. The highest BCUT2D eigenvalue weighted by atomic mass is 32.1. The van der Waals surface area contributed by atoms with Gasteiger partial charge in [0.25, 0.3) is 5.91 Å². The number of hydrogen-bond acceptors (Lipinski definition) is 4. The molecule has 0 unspecified atom stereocenters. The molecular formula is C21H21FN2O2S. The topological polar surface area (TPSA) is 42.4 Å². The summed E-state index contributed by atoms with van der Waals surface area (Å²) in [6.45, 7) is 4.65. The molecule has 0 bridgehead atoms. The van der Waals surface area contributed by atoms with Crippen LogP contribution in [0.25, 0.3) is 10.6 Å². The molecule has 0 aliphatic heterocycles. The van der Waals surface area contributed by atoms with Crippen LogP contribution in [0.15, 0.2) is 48.5 Å². The predicted octanol–water partition coefficient (Wildman–Crippen LogP) is 4.93. The summed E-state index contributed by atoms with van der Waals surface area (Å²) in [5.41, 5.74) is 2.41. The number of benzene rings is 2. The molecule has 27 heavy (non-hydrogen) atoms. The molecule has 4 nitrogen and oxygen atoms in total.